The molecule has 6 nitrogen and oxygen atoms in total. The maximum absolute atomic E-state index is 13.7. The standard InChI is InChI=1S/C26H39N3O3S/c1-4-32-23-13-9-8-12-21(23)27-14-16-28(17-15-27)25(31)22-18-33-26(20-10-6-5-7-11-20)29(22)24(30)19(2)3/h8-9,12-13,19-20,22,26H,4-7,10-11,14-18H2,1-3H3. The summed E-state index contributed by atoms with van der Waals surface area (Å²) in [5.41, 5.74) is 1.09. The molecule has 2 amide bonds. The Kier molecular flexibility index (Phi) is 8.10. The van der Waals surface area contributed by atoms with Gasteiger partial charge in [-0.2, -0.15) is 0 Å². The largest absolute Gasteiger partial charge is 0.492 e. The quantitative estimate of drug-likeness (QED) is 0.619. The first-order chi connectivity index (χ1) is 16.0. The monoisotopic (exact) mass is 473 g/mol. The van der Waals surface area contributed by atoms with Crippen molar-refractivity contribution in [2.75, 3.05) is 43.4 Å². The van der Waals surface area contributed by atoms with Crippen LogP contribution in [0.25, 0.3) is 0 Å². The van der Waals surface area contributed by atoms with Crippen molar-refractivity contribution in [2.24, 2.45) is 11.8 Å². The predicted molar refractivity (Wildman–Crippen MR) is 135 cm³/mol. The zero-order valence-electron chi connectivity index (χ0n) is 20.4. The molecule has 0 radical (unpaired) electrons. The average molecular weight is 474 g/mol. The average Bonchev–Trinajstić information content (AvgIpc) is 3.29. The summed E-state index contributed by atoms with van der Waals surface area (Å²) in [4.78, 5) is 33.2. The van der Waals surface area contributed by atoms with E-state index in [1.807, 2.05) is 60.5 Å². The SMILES string of the molecule is CCOc1ccccc1N1CCN(C(=O)C2CSC(C3CCCCC3)N2C(=O)C(C)C)CC1. The summed E-state index contributed by atoms with van der Waals surface area (Å²) >= 11 is 1.84. The summed E-state index contributed by atoms with van der Waals surface area (Å²) in [7, 11) is 0. The van der Waals surface area contributed by atoms with Gasteiger partial charge in [-0.15, -0.1) is 11.8 Å². The molecule has 182 valence electrons. The Balaban J connectivity index is 1.43. The molecule has 0 spiro atoms. The molecule has 2 atom stereocenters. The first-order valence-corrected chi connectivity index (χ1v) is 13.8. The van der Waals surface area contributed by atoms with Crippen LogP contribution in [0.5, 0.6) is 5.75 Å². The van der Waals surface area contributed by atoms with E-state index < -0.39 is 0 Å². The van der Waals surface area contributed by atoms with E-state index in [-0.39, 0.29) is 29.1 Å². The molecule has 33 heavy (non-hydrogen) atoms. The number of ether oxygens (including phenoxy) is 1. The third kappa shape index (κ3) is 5.28. The van der Waals surface area contributed by atoms with Gasteiger partial charge < -0.3 is 19.4 Å². The Bertz CT molecular complexity index is 819. The van der Waals surface area contributed by atoms with Gasteiger partial charge in [0.1, 0.15) is 11.8 Å². The molecule has 2 saturated heterocycles. The molecule has 1 saturated carbocycles. The second kappa shape index (κ2) is 11.0. The first kappa shape index (κ1) is 24.2. The fourth-order valence-electron chi connectivity index (χ4n) is 5.45. The molecule has 3 fully saturated rings. The van der Waals surface area contributed by atoms with E-state index in [2.05, 4.69) is 11.0 Å². The fourth-order valence-corrected chi connectivity index (χ4v) is 7.09. The number of hydrogen-bond donors (Lipinski definition) is 0. The van der Waals surface area contributed by atoms with Gasteiger partial charge in [0, 0.05) is 37.8 Å². The third-order valence-electron chi connectivity index (χ3n) is 7.22. The van der Waals surface area contributed by atoms with Crippen LogP contribution >= 0.6 is 11.8 Å². The van der Waals surface area contributed by atoms with Crippen LogP contribution in [0.3, 0.4) is 0 Å². The summed E-state index contributed by atoms with van der Waals surface area (Å²) in [5, 5.41) is 0.161. The van der Waals surface area contributed by atoms with Crippen LogP contribution in [0.2, 0.25) is 0 Å². The summed E-state index contributed by atoms with van der Waals surface area (Å²) in [6.45, 7) is 9.46. The molecule has 0 bridgehead atoms. The Hall–Kier alpha value is -1.89. The minimum Gasteiger partial charge on any atom is -0.492 e. The van der Waals surface area contributed by atoms with Crippen LogP contribution in [0, 0.1) is 11.8 Å². The number of nitrogens with zero attached hydrogens (tertiary/aromatic N) is 3. The van der Waals surface area contributed by atoms with Crippen molar-refractivity contribution in [1.29, 1.82) is 0 Å². The van der Waals surface area contributed by atoms with Gasteiger partial charge in [0.25, 0.3) is 0 Å². The number of anilines is 1. The number of hydrogen-bond acceptors (Lipinski definition) is 5. The number of rotatable bonds is 6. The smallest absolute Gasteiger partial charge is 0.246 e. The molecule has 4 rings (SSSR count). The molecule has 1 aromatic carbocycles. The molecule has 0 aromatic heterocycles. The maximum atomic E-state index is 13.7. The number of piperazine rings is 1. The van der Waals surface area contributed by atoms with E-state index in [0.29, 0.717) is 25.6 Å². The van der Waals surface area contributed by atoms with Crippen molar-refractivity contribution in [3.8, 4) is 5.75 Å². The normalized spacial score (nSPS) is 24.4. The van der Waals surface area contributed by atoms with Crippen molar-refractivity contribution >= 4 is 29.3 Å². The molecule has 2 heterocycles. The van der Waals surface area contributed by atoms with Gasteiger partial charge in [-0.1, -0.05) is 45.2 Å². The summed E-state index contributed by atoms with van der Waals surface area (Å²) in [5.74, 6) is 2.33. The van der Waals surface area contributed by atoms with E-state index in [4.69, 9.17) is 4.74 Å². The van der Waals surface area contributed by atoms with E-state index >= 15 is 0 Å². The van der Waals surface area contributed by atoms with E-state index in [1.165, 1.54) is 32.1 Å². The molecule has 1 aromatic rings. The third-order valence-corrected chi connectivity index (χ3v) is 8.68. The number of thioether (sulfide) groups is 1. The van der Waals surface area contributed by atoms with Crippen molar-refractivity contribution < 1.29 is 14.3 Å². The van der Waals surface area contributed by atoms with Crippen LogP contribution in [0.15, 0.2) is 24.3 Å². The highest BCUT2D eigenvalue weighted by molar-refractivity contribution is 8.00. The van der Waals surface area contributed by atoms with Gasteiger partial charge in [0.15, 0.2) is 0 Å². The minimum atomic E-state index is -0.320. The molecular formula is C26H39N3O3S. The summed E-state index contributed by atoms with van der Waals surface area (Å²) in [6, 6.07) is 7.81. The van der Waals surface area contributed by atoms with Crippen LogP contribution in [-0.4, -0.2) is 71.6 Å². The topological polar surface area (TPSA) is 53.1 Å². The Morgan fingerprint density at radius 3 is 2.42 bits per heavy atom. The lowest BCUT2D eigenvalue weighted by Crippen LogP contribution is -2.57. The fraction of sp³-hybridized carbons (Fsp3) is 0.692. The van der Waals surface area contributed by atoms with Crippen LogP contribution in [0.4, 0.5) is 5.69 Å². The van der Waals surface area contributed by atoms with Gasteiger partial charge in [-0.25, -0.2) is 0 Å². The van der Waals surface area contributed by atoms with Crippen molar-refractivity contribution in [1.82, 2.24) is 9.80 Å². The second-order valence-corrected chi connectivity index (χ2v) is 10.9. The lowest BCUT2D eigenvalue weighted by molar-refractivity contribution is -0.147. The highest BCUT2D eigenvalue weighted by Crippen LogP contribution is 2.41. The van der Waals surface area contributed by atoms with Gasteiger partial charge in [0.05, 0.1) is 17.7 Å². The Labute approximate surface area is 203 Å². The Morgan fingerprint density at radius 2 is 1.76 bits per heavy atom. The summed E-state index contributed by atoms with van der Waals surface area (Å²) < 4.78 is 5.81. The van der Waals surface area contributed by atoms with Gasteiger partial charge in [-0.05, 0) is 37.8 Å². The lowest BCUT2D eigenvalue weighted by atomic mass is 9.88. The van der Waals surface area contributed by atoms with E-state index in [1.54, 1.807) is 0 Å². The zero-order valence-corrected chi connectivity index (χ0v) is 21.2. The molecule has 2 unspecified atom stereocenters. The van der Waals surface area contributed by atoms with Crippen molar-refractivity contribution in [2.45, 2.75) is 64.3 Å². The maximum Gasteiger partial charge on any atom is 0.246 e. The van der Waals surface area contributed by atoms with Gasteiger partial charge in [0.2, 0.25) is 11.8 Å². The van der Waals surface area contributed by atoms with Crippen LogP contribution in [-0.2, 0) is 9.59 Å². The molecule has 7 heteroatoms. The number of carbonyl (C=O) groups excluding carboxylic acids is 2. The molecule has 0 N–H and O–H groups in total. The highest BCUT2D eigenvalue weighted by atomic mass is 32.2. The van der Waals surface area contributed by atoms with Crippen LogP contribution < -0.4 is 9.64 Å². The van der Waals surface area contributed by atoms with E-state index in [0.717, 1.165) is 30.3 Å². The number of benzene rings is 1. The lowest BCUT2D eigenvalue weighted by Gasteiger charge is -2.40. The number of amides is 2. The minimum absolute atomic E-state index is 0.0861. The molecule has 2 aliphatic heterocycles. The second-order valence-electron chi connectivity index (χ2n) is 9.75. The van der Waals surface area contributed by atoms with E-state index in [9.17, 15) is 9.59 Å². The van der Waals surface area contributed by atoms with Gasteiger partial charge in [-0.3, -0.25) is 9.59 Å². The van der Waals surface area contributed by atoms with Crippen molar-refractivity contribution in [3.63, 3.8) is 0 Å². The molecule has 3 aliphatic rings. The Morgan fingerprint density at radius 1 is 1.06 bits per heavy atom. The van der Waals surface area contributed by atoms with Crippen molar-refractivity contribution in [3.05, 3.63) is 24.3 Å². The first-order valence-electron chi connectivity index (χ1n) is 12.7. The van der Waals surface area contributed by atoms with Gasteiger partial charge >= 0.3 is 0 Å². The molecule has 1 aliphatic carbocycles. The molecular weight excluding hydrogens is 434 g/mol. The zero-order chi connectivity index (χ0) is 23.4. The number of carbonyl (C=O) groups is 2. The van der Waals surface area contributed by atoms with Crippen LogP contribution in [0.1, 0.15) is 52.9 Å². The summed E-state index contributed by atoms with van der Waals surface area (Å²) in [6.07, 6.45) is 6.15. The number of para-hydroxylation sites is 2. The highest BCUT2D eigenvalue weighted by Gasteiger charge is 2.46. The predicted octanol–water partition coefficient (Wildman–Crippen LogP) is 4.24.